The molecule has 0 bridgehead atoms. The molecule has 1 heterocycles. The van der Waals surface area contributed by atoms with Crippen molar-refractivity contribution in [1.82, 2.24) is 9.71 Å². The Labute approximate surface area is 204 Å². The fraction of sp³-hybridized carbons (Fsp3) is 0.522. The number of carbonyl (C=O) groups is 2. The first-order chi connectivity index (χ1) is 15.8. The highest BCUT2D eigenvalue weighted by molar-refractivity contribution is 7.92. The summed E-state index contributed by atoms with van der Waals surface area (Å²) < 4.78 is 27.4. The molecule has 1 aliphatic carbocycles. The molecule has 1 aromatic heterocycles. The number of thiazole rings is 1. The summed E-state index contributed by atoms with van der Waals surface area (Å²) in [6.45, 7) is 7.60. The molecule has 0 aliphatic heterocycles. The lowest BCUT2D eigenvalue weighted by Gasteiger charge is -2.30. The SMILES string of the molecule is CC(C)c1cc(C(N)=O)cc(C(C)C)c1NC(=O)NS(=O)(=O)c1ncc(C2(O)CCCCC2)s1. The van der Waals surface area contributed by atoms with Crippen molar-refractivity contribution in [2.45, 2.75) is 81.6 Å². The minimum Gasteiger partial charge on any atom is -0.384 e. The summed E-state index contributed by atoms with van der Waals surface area (Å²) in [5.41, 5.74) is 6.50. The second-order valence-electron chi connectivity index (χ2n) is 9.35. The summed E-state index contributed by atoms with van der Waals surface area (Å²) in [6, 6.07) is 2.28. The number of aromatic nitrogens is 1. The van der Waals surface area contributed by atoms with Crippen LogP contribution in [0, 0.1) is 0 Å². The Kier molecular flexibility index (Phi) is 7.69. The van der Waals surface area contributed by atoms with E-state index in [0.717, 1.165) is 30.6 Å². The van der Waals surface area contributed by atoms with Gasteiger partial charge in [-0.15, -0.1) is 11.3 Å². The van der Waals surface area contributed by atoms with Gasteiger partial charge in [-0.1, -0.05) is 47.0 Å². The standard InChI is InChI=1S/C23H32N4O5S2/c1-13(2)16-10-15(20(24)28)11-17(14(3)4)19(16)26-21(29)27-34(31,32)22-25-12-18(33-22)23(30)8-6-5-7-9-23/h10-14,30H,5-9H2,1-4H3,(H2,24,28)(H2,26,27,29). The highest BCUT2D eigenvalue weighted by Crippen LogP contribution is 2.40. The quantitative estimate of drug-likeness (QED) is 0.441. The van der Waals surface area contributed by atoms with Crippen molar-refractivity contribution in [3.05, 3.63) is 39.9 Å². The van der Waals surface area contributed by atoms with Gasteiger partial charge in [0.15, 0.2) is 0 Å². The van der Waals surface area contributed by atoms with E-state index in [1.807, 2.05) is 32.4 Å². The zero-order valence-electron chi connectivity index (χ0n) is 19.8. The van der Waals surface area contributed by atoms with Crippen molar-refractivity contribution in [2.24, 2.45) is 5.73 Å². The molecular formula is C23H32N4O5S2. The molecule has 1 aliphatic rings. The molecule has 1 fully saturated rings. The van der Waals surface area contributed by atoms with Crippen LogP contribution in [0.1, 0.15) is 98.0 Å². The van der Waals surface area contributed by atoms with Gasteiger partial charge in [0.05, 0.1) is 4.88 Å². The molecule has 9 nitrogen and oxygen atoms in total. The maximum Gasteiger partial charge on any atom is 0.333 e. The number of aliphatic hydroxyl groups is 1. The number of hydrogen-bond donors (Lipinski definition) is 4. The van der Waals surface area contributed by atoms with E-state index >= 15 is 0 Å². The molecule has 0 unspecified atom stereocenters. The second-order valence-corrected chi connectivity index (χ2v) is 12.2. The molecule has 1 aromatic carbocycles. The smallest absolute Gasteiger partial charge is 0.333 e. The lowest BCUT2D eigenvalue weighted by atomic mass is 9.84. The zero-order chi connectivity index (χ0) is 25.3. The second kappa shape index (κ2) is 10.0. The first kappa shape index (κ1) is 26.1. The third kappa shape index (κ3) is 5.59. The lowest BCUT2D eigenvalue weighted by molar-refractivity contribution is 0.00264. The number of carbonyl (C=O) groups excluding carboxylic acids is 2. The van der Waals surface area contributed by atoms with E-state index in [1.54, 1.807) is 12.1 Å². The van der Waals surface area contributed by atoms with E-state index in [0.29, 0.717) is 40.1 Å². The third-order valence-corrected chi connectivity index (χ3v) is 8.96. The number of nitrogens with zero attached hydrogens (tertiary/aromatic N) is 1. The van der Waals surface area contributed by atoms with Crippen LogP contribution in [0.3, 0.4) is 0 Å². The van der Waals surface area contributed by atoms with Gasteiger partial charge in [0.25, 0.3) is 10.0 Å². The van der Waals surface area contributed by atoms with Gasteiger partial charge in [-0.25, -0.2) is 14.5 Å². The maximum absolute atomic E-state index is 12.8. The molecule has 34 heavy (non-hydrogen) atoms. The van der Waals surface area contributed by atoms with Crippen molar-refractivity contribution in [3.63, 3.8) is 0 Å². The Morgan fingerprint density at radius 3 is 2.15 bits per heavy atom. The number of anilines is 1. The van der Waals surface area contributed by atoms with Crippen LogP contribution in [0.15, 0.2) is 22.7 Å². The normalized spacial score (nSPS) is 16.0. The number of nitrogens with two attached hydrogens (primary N) is 1. The Morgan fingerprint density at radius 2 is 1.65 bits per heavy atom. The number of benzene rings is 1. The van der Waals surface area contributed by atoms with Crippen LogP contribution in [0.5, 0.6) is 0 Å². The number of urea groups is 1. The minimum atomic E-state index is -4.25. The number of nitrogens with one attached hydrogen (secondary N) is 2. The Balaban J connectivity index is 1.86. The molecule has 3 amide bonds. The van der Waals surface area contributed by atoms with E-state index < -0.39 is 27.6 Å². The van der Waals surface area contributed by atoms with Crippen LogP contribution in [-0.2, 0) is 15.6 Å². The Morgan fingerprint density at radius 1 is 1.09 bits per heavy atom. The number of rotatable bonds is 7. The van der Waals surface area contributed by atoms with Gasteiger partial charge in [0.2, 0.25) is 10.2 Å². The van der Waals surface area contributed by atoms with Crippen LogP contribution in [0.4, 0.5) is 10.5 Å². The Hall–Kier alpha value is -2.50. The molecule has 5 N–H and O–H groups in total. The summed E-state index contributed by atoms with van der Waals surface area (Å²) in [4.78, 5) is 29.0. The van der Waals surface area contributed by atoms with Crippen molar-refractivity contribution in [2.75, 3.05) is 5.32 Å². The molecule has 0 atom stereocenters. The average molecular weight is 509 g/mol. The predicted octanol–water partition coefficient (Wildman–Crippen LogP) is 4.15. The van der Waals surface area contributed by atoms with Crippen molar-refractivity contribution >= 4 is 39.0 Å². The summed E-state index contributed by atoms with van der Waals surface area (Å²) in [6.07, 6.45) is 5.24. The van der Waals surface area contributed by atoms with Gasteiger partial charge in [-0.05, 0) is 47.9 Å². The van der Waals surface area contributed by atoms with Gasteiger partial charge < -0.3 is 16.2 Å². The number of primary amides is 1. The molecule has 2 aromatic rings. The molecule has 11 heteroatoms. The fourth-order valence-corrected chi connectivity index (χ4v) is 6.37. The zero-order valence-corrected chi connectivity index (χ0v) is 21.5. The first-order valence-corrected chi connectivity index (χ1v) is 13.6. The Bertz CT molecular complexity index is 1150. The van der Waals surface area contributed by atoms with Crippen molar-refractivity contribution < 1.29 is 23.1 Å². The fourth-order valence-electron chi connectivity index (χ4n) is 4.17. The number of amides is 3. The van der Waals surface area contributed by atoms with Gasteiger partial charge >= 0.3 is 6.03 Å². The van der Waals surface area contributed by atoms with E-state index in [2.05, 4.69) is 10.3 Å². The number of hydrogen-bond acceptors (Lipinski definition) is 7. The molecule has 0 spiro atoms. The van der Waals surface area contributed by atoms with E-state index in [4.69, 9.17) is 5.73 Å². The van der Waals surface area contributed by atoms with Crippen LogP contribution in [0.2, 0.25) is 0 Å². The van der Waals surface area contributed by atoms with E-state index in [9.17, 15) is 23.1 Å². The highest BCUT2D eigenvalue weighted by atomic mass is 32.2. The van der Waals surface area contributed by atoms with E-state index in [1.165, 1.54) is 6.20 Å². The molecule has 186 valence electrons. The maximum atomic E-state index is 12.8. The van der Waals surface area contributed by atoms with Gasteiger partial charge in [-0.3, -0.25) is 4.79 Å². The first-order valence-electron chi connectivity index (χ1n) is 11.3. The monoisotopic (exact) mass is 508 g/mol. The molecule has 3 rings (SSSR count). The van der Waals surface area contributed by atoms with Gasteiger partial charge in [-0.2, -0.15) is 8.42 Å². The summed E-state index contributed by atoms with van der Waals surface area (Å²) in [5, 5.41) is 13.5. The van der Waals surface area contributed by atoms with Crippen molar-refractivity contribution in [3.8, 4) is 0 Å². The summed E-state index contributed by atoms with van der Waals surface area (Å²) in [7, 11) is -4.25. The molecule has 0 radical (unpaired) electrons. The highest BCUT2D eigenvalue weighted by Gasteiger charge is 2.35. The van der Waals surface area contributed by atoms with Crippen molar-refractivity contribution in [1.29, 1.82) is 0 Å². The van der Waals surface area contributed by atoms with Crippen LogP contribution >= 0.6 is 11.3 Å². The molecule has 1 saturated carbocycles. The number of sulfonamides is 1. The largest absolute Gasteiger partial charge is 0.384 e. The topological polar surface area (TPSA) is 151 Å². The summed E-state index contributed by atoms with van der Waals surface area (Å²) >= 11 is 0.872. The van der Waals surface area contributed by atoms with E-state index in [-0.39, 0.29) is 16.2 Å². The molecule has 0 saturated heterocycles. The van der Waals surface area contributed by atoms with Crippen LogP contribution < -0.4 is 15.8 Å². The summed E-state index contributed by atoms with van der Waals surface area (Å²) in [5.74, 6) is -0.718. The van der Waals surface area contributed by atoms with Gasteiger partial charge in [0, 0.05) is 17.4 Å². The third-order valence-electron chi connectivity index (χ3n) is 6.05. The van der Waals surface area contributed by atoms with Crippen LogP contribution in [0.25, 0.3) is 0 Å². The predicted molar refractivity (Wildman–Crippen MR) is 132 cm³/mol. The minimum absolute atomic E-state index is 0.0681. The van der Waals surface area contributed by atoms with Crippen LogP contribution in [-0.4, -0.2) is 30.4 Å². The average Bonchev–Trinajstić information content (AvgIpc) is 3.25. The van der Waals surface area contributed by atoms with Gasteiger partial charge in [0.1, 0.15) is 5.60 Å². The lowest BCUT2D eigenvalue weighted by Crippen LogP contribution is -2.35. The molecular weight excluding hydrogens is 476 g/mol.